The maximum atomic E-state index is 5.42. The second kappa shape index (κ2) is 5.33. The Labute approximate surface area is 108 Å². The fourth-order valence-corrected chi connectivity index (χ4v) is 1.95. The fraction of sp³-hybridized carbons (Fsp3) is 0.250. The Morgan fingerprint density at radius 3 is 2.76 bits per heavy atom. The Balaban J connectivity index is 2.52. The summed E-state index contributed by atoms with van der Waals surface area (Å²) in [4.78, 5) is 4.28. The molecule has 0 unspecified atom stereocenters. The summed E-state index contributed by atoms with van der Waals surface area (Å²) >= 11 is 3.48. The smallest absolute Gasteiger partial charge is 0.188 e. The van der Waals surface area contributed by atoms with Gasteiger partial charge < -0.3 is 14.2 Å². The van der Waals surface area contributed by atoms with Crippen molar-refractivity contribution in [3.63, 3.8) is 0 Å². The molecule has 0 aliphatic heterocycles. The lowest BCUT2D eigenvalue weighted by Crippen LogP contribution is -2.01. The van der Waals surface area contributed by atoms with Crippen LogP contribution in [0.2, 0.25) is 0 Å². The minimum Gasteiger partial charge on any atom is -0.493 e. The third-order valence-electron chi connectivity index (χ3n) is 2.31. The third kappa shape index (κ3) is 2.50. The van der Waals surface area contributed by atoms with Crippen LogP contribution in [-0.2, 0) is 4.74 Å². The molecule has 1 aromatic carbocycles. The van der Waals surface area contributed by atoms with Crippen molar-refractivity contribution in [3.8, 4) is 11.5 Å². The number of benzene rings is 1. The van der Waals surface area contributed by atoms with Crippen LogP contribution in [0.5, 0.6) is 11.5 Å². The molecule has 0 aliphatic rings. The first-order valence-corrected chi connectivity index (χ1v) is 5.79. The molecule has 0 bridgehead atoms. The zero-order chi connectivity index (χ0) is 12.3. The molecule has 2 rings (SSSR count). The number of hydrogen-bond acceptors (Lipinski definition) is 4. The second-order valence-corrected chi connectivity index (χ2v) is 4.22. The van der Waals surface area contributed by atoms with E-state index < -0.39 is 0 Å². The predicted molar refractivity (Wildman–Crippen MR) is 68.5 cm³/mol. The van der Waals surface area contributed by atoms with Crippen LogP contribution < -0.4 is 9.47 Å². The van der Waals surface area contributed by atoms with E-state index in [0.29, 0.717) is 11.5 Å². The number of methoxy groups -OCH3 is 2. The van der Waals surface area contributed by atoms with Gasteiger partial charge in [0.15, 0.2) is 18.3 Å². The molecule has 0 saturated carbocycles. The molecule has 0 amide bonds. The first-order valence-electron chi connectivity index (χ1n) is 5.00. The quantitative estimate of drug-likeness (QED) is 0.814. The minimum absolute atomic E-state index is 0.176. The summed E-state index contributed by atoms with van der Waals surface area (Å²) in [6, 6.07) is 5.60. The van der Waals surface area contributed by atoms with Gasteiger partial charge in [0.1, 0.15) is 0 Å². The highest BCUT2D eigenvalue weighted by Gasteiger charge is 2.09. The maximum absolute atomic E-state index is 5.42. The van der Waals surface area contributed by atoms with E-state index in [1.807, 2.05) is 18.2 Å². The number of nitrogens with zero attached hydrogens (tertiary/aromatic N) is 1. The van der Waals surface area contributed by atoms with E-state index in [4.69, 9.17) is 14.2 Å². The zero-order valence-electron chi connectivity index (χ0n) is 9.57. The fourth-order valence-electron chi connectivity index (χ4n) is 1.51. The van der Waals surface area contributed by atoms with Crippen LogP contribution in [0.25, 0.3) is 10.9 Å². The van der Waals surface area contributed by atoms with Gasteiger partial charge in [-0.1, -0.05) is 15.9 Å². The molecule has 0 aliphatic carbocycles. The first-order chi connectivity index (χ1) is 8.26. The Kier molecular flexibility index (Phi) is 3.81. The molecule has 1 heterocycles. The van der Waals surface area contributed by atoms with Gasteiger partial charge >= 0.3 is 0 Å². The van der Waals surface area contributed by atoms with E-state index in [0.717, 1.165) is 15.4 Å². The summed E-state index contributed by atoms with van der Waals surface area (Å²) in [5.74, 6) is 1.27. The molecule has 0 atom stereocenters. The van der Waals surface area contributed by atoms with Crippen LogP contribution in [0, 0.1) is 0 Å². The highest BCUT2D eigenvalue weighted by Crippen LogP contribution is 2.34. The highest BCUT2D eigenvalue weighted by molar-refractivity contribution is 9.10. The minimum atomic E-state index is 0.176. The Morgan fingerprint density at radius 1 is 1.24 bits per heavy atom. The van der Waals surface area contributed by atoms with Crippen molar-refractivity contribution >= 4 is 26.8 Å². The average Bonchev–Trinajstić information content (AvgIpc) is 2.36. The number of hydrogen-bond donors (Lipinski definition) is 0. The van der Waals surface area contributed by atoms with E-state index >= 15 is 0 Å². The summed E-state index contributed by atoms with van der Waals surface area (Å²) in [6.45, 7) is 0.176. The van der Waals surface area contributed by atoms with Crippen molar-refractivity contribution in [2.45, 2.75) is 0 Å². The molecule has 0 saturated heterocycles. The number of pyridine rings is 1. The van der Waals surface area contributed by atoms with Gasteiger partial charge in [0.25, 0.3) is 0 Å². The van der Waals surface area contributed by atoms with Crippen LogP contribution in [0.3, 0.4) is 0 Å². The molecule has 1 aromatic heterocycles. The molecule has 0 N–H and O–H groups in total. The number of fused-ring (bicyclic) bond motifs is 1. The van der Waals surface area contributed by atoms with Crippen LogP contribution in [0.4, 0.5) is 0 Å². The molecule has 0 spiro atoms. The molecular weight excluding hydrogens is 286 g/mol. The van der Waals surface area contributed by atoms with Crippen molar-refractivity contribution in [3.05, 3.63) is 28.9 Å². The molecule has 4 nitrogen and oxygen atoms in total. The molecule has 0 radical (unpaired) electrons. The van der Waals surface area contributed by atoms with Crippen molar-refractivity contribution in [2.75, 3.05) is 21.0 Å². The lowest BCUT2D eigenvalue weighted by Gasteiger charge is -2.11. The van der Waals surface area contributed by atoms with E-state index in [1.54, 1.807) is 20.4 Å². The summed E-state index contributed by atoms with van der Waals surface area (Å²) < 4.78 is 16.5. The predicted octanol–water partition coefficient (Wildman–Crippen LogP) is 2.99. The lowest BCUT2D eigenvalue weighted by atomic mass is 10.2. The summed E-state index contributed by atoms with van der Waals surface area (Å²) in [7, 11) is 3.17. The molecule has 90 valence electrons. The molecular formula is C12H12BrNO3. The van der Waals surface area contributed by atoms with E-state index in [1.165, 1.54) is 0 Å². The Bertz CT molecular complexity index is 530. The van der Waals surface area contributed by atoms with Gasteiger partial charge in [-0.15, -0.1) is 0 Å². The monoisotopic (exact) mass is 297 g/mol. The highest BCUT2D eigenvalue weighted by atomic mass is 79.9. The first kappa shape index (κ1) is 12.1. The summed E-state index contributed by atoms with van der Waals surface area (Å²) in [5, 5.41) is 0.981. The van der Waals surface area contributed by atoms with Crippen molar-refractivity contribution < 1.29 is 14.2 Å². The molecule has 0 fully saturated rings. The standard InChI is InChI=1S/C12H12BrNO3/c1-15-7-17-12-6-10-8(5-11(12)16-2)9(13)3-4-14-10/h3-6H,7H2,1-2H3. The van der Waals surface area contributed by atoms with Gasteiger partial charge in [-0.25, -0.2) is 0 Å². The average molecular weight is 298 g/mol. The van der Waals surface area contributed by atoms with Crippen molar-refractivity contribution in [1.29, 1.82) is 0 Å². The Morgan fingerprint density at radius 2 is 2.06 bits per heavy atom. The van der Waals surface area contributed by atoms with Gasteiger partial charge in [-0.2, -0.15) is 0 Å². The Hall–Kier alpha value is -1.33. The molecule has 2 aromatic rings. The third-order valence-corrected chi connectivity index (χ3v) is 3.00. The maximum Gasteiger partial charge on any atom is 0.188 e. The van der Waals surface area contributed by atoms with Crippen LogP contribution in [0.15, 0.2) is 28.9 Å². The largest absolute Gasteiger partial charge is 0.493 e. The van der Waals surface area contributed by atoms with Gasteiger partial charge in [-0.05, 0) is 12.1 Å². The number of aromatic nitrogens is 1. The number of halogens is 1. The normalized spacial score (nSPS) is 10.5. The van der Waals surface area contributed by atoms with Gasteiger partial charge in [0, 0.05) is 29.2 Å². The number of rotatable bonds is 4. The van der Waals surface area contributed by atoms with Crippen LogP contribution >= 0.6 is 15.9 Å². The summed E-state index contributed by atoms with van der Waals surface area (Å²) in [5.41, 5.74) is 0.839. The lowest BCUT2D eigenvalue weighted by molar-refractivity contribution is 0.0493. The van der Waals surface area contributed by atoms with E-state index in [9.17, 15) is 0 Å². The van der Waals surface area contributed by atoms with Gasteiger partial charge in [-0.3, -0.25) is 4.98 Å². The van der Waals surface area contributed by atoms with Crippen LogP contribution in [0.1, 0.15) is 0 Å². The van der Waals surface area contributed by atoms with E-state index in [-0.39, 0.29) is 6.79 Å². The molecule has 5 heteroatoms. The van der Waals surface area contributed by atoms with Crippen molar-refractivity contribution in [1.82, 2.24) is 4.98 Å². The van der Waals surface area contributed by atoms with Crippen LogP contribution in [-0.4, -0.2) is 26.0 Å². The van der Waals surface area contributed by atoms with Gasteiger partial charge in [0.2, 0.25) is 0 Å². The number of ether oxygens (including phenoxy) is 3. The SMILES string of the molecule is COCOc1cc2nccc(Br)c2cc1OC. The molecule has 17 heavy (non-hydrogen) atoms. The van der Waals surface area contributed by atoms with Crippen molar-refractivity contribution in [2.24, 2.45) is 0 Å². The second-order valence-electron chi connectivity index (χ2n) is 3.36. The summed E-state index contributed by atoms with van der Waals surface area (Å²) in [6.07, 6.45) is 1.74. The zero-order valence-corrected chi connectivity index (χ0v) is 11.2. The van der Waals surface area contributed by atoms with Gasteiger partial charge in [0.05, 0.1) is 12.6 Å². The topological polar surface area (TPSA) is 40.6 Å². The van der Waals surface area contributed by atoms with E-state index in [2.05, 4.69) is 20.9 Å².